The Morgan fingerprint density at radius 2 is 1.63 bits per heavy atom. The first kappa shape index (κ1) is 26.1. The number of amides is 2. The van der Waals surface area contributed by atoms with Crippen molar-refractivity contribution in [1.82, 2.24) is 0 Å². The highest BCUT2D eigenvalue weighted by Crippen LogP contribution is 2.65. The fraction of sp³-hybridized carbons (Fsp3) is 0.200. The molecule has 4 nitrogen and oxygen atoms in total. The highest BCUT2D eigenvalue weighted by Gasteiger charge is 2.67. The van der Waals surface area contributed by atoms with Gasteiger partial charge in [0, 0.05) is 27.2 Å². The zero-order valence-electron chi connectivity index (χ0n) is 18.1. The summed E-state index contributed by atoms with van der Waals surface area (Å²) < 4.78 is 12.5. The molecule has 0 aromatic heterocycles. The summed E-state index contributed by atoms with van der Waals surface area (Å²) in [5, 5.41) is 6.47. The Morgan fingerprint density at radius 1 is 0.943 bits per heavy atom. The molecule has 2 N–H and O–H groups in total. The minimum absolute atomic E-state index is 0.155. The van der Waals surface area contributed by atoms with Crippen LogP contribution < -0.4 is 10.6 Å². The number of hydrogen-bond acceptors (Lipinski definition) is 2. The van der Waals surface area contributed by atoms with Gasteiger partial charge in [-0.1, -0.05) is 41.7 Å². The van der Waals surface area contributed by atoms with Gasteiger partial charge in [-0.15, -0.1) is 23.2 Å². The molecule has 3 aromatic carbocycles. The van der Waals surface area contributed by atoms with Crippen molar-refractivity contribution in [2.24, 2.45) is 5.92 Å². The van der Waals surface area contributed by atoms with E-state index in [2.05, 4.69) is 10.6 Å². The SMILES string of the molecule is CCc1cc(F)cc(C(=O)Nc2cc(NC(=O)C3C(c4cc(Cl)cc(Cl)c4)C3(Cl)Cl)ccc2Cl)c1. The number of hydrogen-bond donors (Lipinski definition) is 2. The minimum Gasteiger partial charge on any atom is -0.326 e. The molecule has 1 fully saturated rings. The summed E-state index contributed by atoms with van der Waals surface area (Å²) in [6, 6.07) is 13.6. The number of aryl methyl sites for hydroxylation is 1. The number of halogens is 6. The van der Waals surface area contributed by atoms with Crippen molar-refractivity contribution in [2.45, 2.75) is 23.6 Å². The third kappa shape index (κ3) is 5.71. The topological polar surface area (TPSA) is 58.2 Å². The van der Waals surface area contributed by atoms with Crippen molar-refractivity contribution < 1.29 is 14.0 Å². The lowest BCUT2D eigenvalue weighted by molar-refractivity contribution is -0.117. The third-order valence-electron chi connectivity index (χ3n) is 5.69. The van der Waals surface area contributed by atoms with Gasteiger partial charge in [0.15, 0.2) is 0 Å². The first-order valence-corrected chi connectivity index (χ1v) is 12.4. The molecule has 2 unspecified atom stereocenters. The fourth-order valence-corrected chi connectivity index (χ4v) is 5.46. The van der Waals surface area contributed by atoms with E-state index in [9.17, 15) is 14.0 Å². The molecule has 0 aliphatic heterocycles. The average Bonchev–Trinajstić information content (AvgIpc) is 3.37. The zero-order chi connectivity index (χ0) is 25.5. The Hall–Kier alpha value is -2.02. The van der Waals surface area contributed by atoms with E-state index in [0.717, 1.165) is 6.07 Å². The molecule has 0 bridgehead atoms. The maximum absolute atomic E-state index is 13.9. The van der Waals surface area contributed by atoms with Crippen molar-refractivity contribution in [1.29, 1.82) is 0 Å². The van der Waals surface area contributed by atoms with Crippen LogP contribution in [0.2, 0.25) is 15.1 Å². The second-order valence-electron chi connectivity index (χ2n) is 8.17. The number of anilines is 2. The standard InChI is InChI=1S/C25H18Cl5FN2O2/c1-2-12-5-14(9-17(31)6-12)23(34)33-20-11-18(3-4-19(20)28)32-24(35)22-21(25(22,29)30)13-7-15(26)10-16(27)8-13/h3-11,21-22H,2H2,1H3,(H,32,35)(H,33,34). The quantitative estimate of drug-likeness (QED) is 0.292. The Kier molecular flexibility index (Phi) is 7.56. The van der Waals surface area contributed by atoms with E-state index in [0.29, 0.717) is 33.3 Å². The second-order valence-corrected chi connectivity index (χ2v) is 10.9. The van der Waals surface area contributed by atoms with Crippen molar-refractivity contribution in [2.75, 3.05) is 10.6 Å². The lowest BCUT2D eigenvalue weighted by atomic mass is 10.1. The molecule has 182 valence electrons. The van der Waals surface area contributed by atoms with Gasteiger partial charge in [-0.2, -0.15) is 0 Å². The molecule has 35 heavy (non-hydrogen) atoms. The van der Waals surface area contributed by atoms with E-state index in [-0.39, 0.29) is 16.3 Å². The van der Waals surface area contributed by atoms with Crippen LogP contribution in [0.3, 0.4) is 0 Å². The molecule has 10 heteroatoms. The number of carbonyl (C=O) groups excluding carboxylic acids is 2. The summed E-state index contributed by atoms with van der Waals surface area (Å²) in [5.74, 6) is -2.73. The van der Waals surface area contributed by atoms with Crippen LogP contribution in [0.5, 0.6) is 0 Å². The van der Waals surface area contributed by atoms with E-state index < -0.39 is 33.8 Å². The van der Waals surface area contributed by atoms with Crippen molar-refractivity contribution in [3.8, 4) is 0 Å². The Bertz CT molecular complexity index is 1310. The molecule has 2 amide bonds. The zero-order valence-corrected chi connectivity index (χ0v) is 21.9. The van der Waals surface area contributed by atoms with Gasteiger partial charge in [-0.25, -0.2) is 4.39 Å². The molecule has 0 spiro atoms. The first-order chi connectivity index (χ1) is 16.5. The summed E-state index contributed by atoms with van der Waals surface area (Å²) in [7, 11) is 0. The fourth-order valence-electron chi connectivity index (χ4n) is 3.92. The van der Waals surface area contributed by atoms with Crippen LogP contribution in [0.1, 0.15) is 34.3 Å². The summed E-state index contributed by atoms with van der Waals surface area (Å²) in [6.07, 6.45) is 0.576. The smallest absolute Gasteiger partial charge is 0.255 e. The van der Waals surface area contributed by atoms with E-state index in [1.807, 2.05) is 6.92 Å². The lowest BCUT2D eigenvalue weighted by Crippen LogP contribution is -2.18. The Balaban J connectivity index is 1.50. The van der Waals surface area contributed by atoms with Gasteiger partial charge < -0.3 is 10.6 Å². The predicted octanol–water partition coefficient (Wildman–Crippen LogP) is 8.13. The largest absolute Gasteiger partial charge is 0.326 e. The number of alkyl halides is 2. The van der Waals surface area contributed by atoms with Crippen LogP contribution in [-0.4, -0.2) is 16.1 Å². The van der Waals surface area contributed by atoms with Crippen LogP contribution in [0.25, 0.3) is 0 Å². The third-order valence-corrected chi connectivity index (χ3v) is 7.40. The predicted molar refractivity (Wildman–Crippen MR) is 141 cm³/mol. The summed E-state index contributed by atoms with van der Waals surface area (Å²) in [5.41, 5.74) is 2.10. The van der Waals surface area contributed by atoms with Crippen molar-refractivity contribution in [3.05, 3.63) is 92.2 Å². The first-order valence-electron chi connectivity index (χ1n) is 10.5. The normalized spacial score (nSPS) is 18.1. The number of nitrogens with one attached hydrogen (secondary N) is 2. The summed E-state index contributed by atoms with van der Waals surface area (Å²) >= 11 is 31.2. The molecule has 0 radical (unpaired) electrons. The molecule has 3 aromatic rings. The van der Waals surface area contributed by atoms with Gasteiger partial charge >= 0.3 is 0 Å². The molecule has 0 heterocycles. The highest BCUT2D eigenvalue weighted by molar-refractivity contribution is 6.53. The maximum Gasteiger partial charge on any atom is 0.255 e. The molecule has 1 saturated carbocycles. The lowest BCUT2D eigenvalue weighted by Gasteiger charge is -2.12. The van der Waals surface area contributed by atoms with E-state index >= 15 is 0 Å². The maximum atomic E-state index is 13.9. The minimum atomic E-state index is -1.34. The Morgan fingerprint density at radius 3 is 2.29 bits per heavy atom. The molecule has 4 rings (SSSR count). The van der Waals surface area contributed by atoms with E-state index in [1.165, 1.54) is 18.2 Å². The van der Waals surface area contributed by atoms with Gasteiger partial charge in [-0.3, -0.25) is 9.59 Å². The van der Waals surface area contributed by atoms with Gasteiger partial charge in [0.1, 0.15) is 10.2 Å². The van der Waals surface area contributed by atoms with Crippen molar-refractivity contribution in [3.63, 3.8) is 0 Å². The van der Waals surface area contributed by atoms with Gasteiger partial charge in [0.05, 0.1) is 16.6 Å². The number of carbonyl (C=O) groups is 2. The second kappa shape index (κ2) is 10.2. The molecule has 1 aliphatic rings. The number of rotatable bonds is 6. The molecular weight excluding hydrogens is 557 g/mol. The van der Waals surface area contributed by atoms with Gasteiger partial charge in [0.2, 0.25) is 5.91 Å². The van der Waals surface area contributed by atoms with Gasteiger partial charge in [-0.05, 0) is 72.1 Å². The Labute approximate surface area is 226 Å². The van der Waals surface area contributed by atoms with E-state index in [1.54, 1.807) is 30.3 Å². The molecular formula is C25H18Cl5FN2O2. The average molecular weight is 575 g/mol. The van der Waals surface area contributed by atoms with Gasteiger partial charge in [0.25, 0.3) is 5.91 Å². The van der Waals surface area contributed by atoms with Crippen LogP contribution in [-0.2, 0) is 11.2 Å². The summed E-state index contributed by atoms with van der Waals surface area (Å²) in [4.78, 5) is 25.7. The van der Waals surface area contributed by atoms with Crippen LogP contribution in [0.15, 0.2) is 54.6 Å². The van der Waals surface area contributed by atoms with Crippen LogP contribution in [0, 0.1) is 11.7 Å². The monoisotopic (exact) mass is 572 g/mol. The number of benzene rings is 3. The summed E-state index contributed by atoms with van der Waals surface area (Å²) in [6.45, 7) is 1.86. The van der Waals surface area contributed by atoms with E-state index in [4.69, 9.17) is 58.0 Å². The molecule has 0 saturated heterocycles. The van der Waals surface area contributed by atoms with Crippen LogP contribution in [0.4, 0.5) is 15.8 Å². The molecule has 2 atom stereocenters. The van der Waals surface area contributed by atoms with Crippen molar-refractivity contribution >= 4 is 81.2 Å². The van der Waals surface area contributed by atoms with Crippen LogP contribution >= 0.6 is 58.0 Å². The highest BCUT2D eigenvalue weighted by atomic mass is 35.5. The molecule has 1 aliphatic carbocycles.